The molecular formula is C27H28N2O5S. The molecule has 3 rings (SSSR count). The van der Waals surface area contributed by atoms with Gasteiger partial charge in [-0.3, -0.25) is 4.31 Å². The quantitative estimate of drug-likeness (QED) is 0.165. The first-order valence-corrected chi connectivity index (χ1v) is 12.6. The number of carbonyl (C=O) groups excluding carboxylic acids is 1. The Morgan fingerprint density at radius 3 is 2.37 bits per heavy atom. The summed E-state index contributed by atoms with van der Waals surface area (Å²) in [4.78, 5) is 17.3. The molecule has 0 aliphatic carbocycles. The SMILES string of the molecule is CCOC(=O)/C=C/CN(c1ccccc1/C=N/OCc1ccccc1)S(=O)(=O)c1ccc(C)cc1. The lowest BCUT2D eigenvalue weighted by molar-refractivity contribution is -0.137. The molecular weight excluding hydrogens is 464 g/mol. The van der Waals surface area contributed by atoms with E-state index in [2.05, 4.69) is 5.16 Å². The van der Waals surface area contributed by atoms with Gasteiger partial charge in [0.2, 0.25) is 0 Å². The zero-order valence-corrected chi connectivity index (χ0v) is 20.5. The van der Waals surface area contributed by atoms with Gasteiger partial charge in [0, 0.05) is 11.6 Å². The molecule has 0 amide bonds. The molecule has 0 atom stereocenters. The average molecular weight is 493 g/mol. The number of esters is 1. The molecule has 182 valence electrons. The lowest BCUT2D eigenvalue weighted by atomic mass is 10.2. The van der Waals surface area contributed by atoms with Gasteiger partial charge in [-0.2, -0.15) is 0 Å². The number of oxime groups is 1. The topological polar surface area (TPSA) is 85.3 Å². The molecule has 0 fully saturated rings. The summed E-state index contributed by atoms with van der Waals surface area (Å²) >= 11 is 0. The normalized spacial score (nSPS) is 11.6. The van der Waals surface area contributed by atoms with Crippen LogP contribution in [-0.4, -0.2) is 33.8 Å². The number of nitrogens with zero attached hydrogens (tertiary/aromatic N) is 2. The van der Waals surface area contributed by atoms with E-state index < -0.39 is 16.0 Å². The molecule has 0 aromatic heterocycles. The molecule has 0 N–H and O–H groups in total. The molecule has 0 heterocycles. The van der Waals surface area contributed by atoms with Crippen LogP contribution in [0.5, 0.6) is 0 Å². The maximum absolute atomic E-state index is 13.6. The number of carbonyl (C=O) groups is 1. The van der Waals surface area contributed by atoms with Crippen LogP contribution in [0.1, 0.15) is 23.6 Å². The molecule has 35 heavy (non-hydrogen) atoms. The number of sulfonamides is 1. The zero-order valence-electron chi connectivity index (χ0n) is 19.7. The van der Waals surface area contributed by atoms with E-state index in [9.17, 15) is 13.2 Å². The van der Waals surface area contributed by atoms with Crippen LogP contribution >= 0.6 is 0 Å². The van der Waals surface area contributed by atoms with E-state index >= 15 is 0 Å². The first kappa shape index (κ1) is 25.7. The summed E-state index contributed by atoms with van der Waals surface area (Å²) in [5.74, 6) is -0.538. The van der Waals surface area contributed by atoms with E-state index in [0.717, 1.165) is 11.1 Å². The molecule has 0 saturated carbocycles. The Kier molecular flexibility index (Phi) is 9.20. The molecule has 7 nitrogen and oxygen atoms in total. The van der Waals surface area contributed by atoms with Crippen molar-refractivity contribution in [1.29, 1.82) is 0 Å². The van der Waals surface area contributed by atoms with Crippen LogP contribution in [-0.2, 0) is 31.0 Å². The molecule has 3 aromatic carbocycles. The Labute approximate surface area is 206 Å². The van der Waals surface area contributed by atoms with Gasteiger partial charge in [0.1, 0.15) is 6.61 Å². The number of benzene rings is 3. The van der Waals surface area contributed by atoms with Gasteiger partial charge in [0.25, 0.3) is 10.0 Å². The number of anilines is 1. The lowest BCUT2D eigenvalue weighted by Crippen LogP contribution is -2.32. The fourth-order valence-corrected chi connectivity index (χ4v) is 4.64. The predicted octanol–water partition coefficient (Wildman–Crippen LogP) is 4.86. The standard InChI is InChI=1S/C27H28N2O5S/c1-3-33-27(30)14-9-19-29(35(31,32)25-17-15-22(2)16-18-25)26-13-8-7-12-24(26)20-28-34-21-23-10-5-4-6-11-23/h4-18,20H,3,19,21H2,1-2H3/b14-9+,28-20+. The summed E-state index contributed by atoms with van der Waals surface area (Å²) < 4.78 is 33.4. The lowest BCUT2D eigenvalue weighted by Gasteiger charge is -2.25. The van der Waals surface area contributed by atoms with E-state index in [4.69, 9.17) is 9.57 Å². The number of rotatable bonds is 11. The summed E-state index contributed by atoms with van der Waals surface area (Å²) in [6.07, 6.45) is 4.16. The second-order valence-corrected chi connectivity index (χ2v) is 9.42. The summed E-state index contributed by atoms with van der Waals surface area (Å²) in [6, 6.07) is 23.2. The molecule has 0 unspecified atom stereocenters. The van der Waals surface area contributed by atoms with Crippen LogP contribution in [0.25, 0.3) is 0 Å². The molecule has 3 aromatic rings. The highest BCUT2D eigenvalue weighted by molar-refractivity contribution is 7.92. The Morgan fingerprint density at radius 2 is 1.66 bits per heavy atom. The second kappa shape index (κ2) is 12.5. The van der Waals surface area contributed by atoms with Gasteiger partial charge in [0.05, 0.1) is 29.9 Å². The van der Waals surface area contributed by atoms with Crippen molar-refractivity contribution in [3.8, 4) is 0 Å². The summed E-state index contributed by atoms with van der Waals surface area (Å²) in [7, 11) is -3.95. The first-order chi connectivity index (χ1) is 16.9. The molecule has 0 radical (unpaired) electrons. The molecule has 8 heteroatoms. The molecule has 0 spiro atoms. The van der Waals surface area contributed by atoms with Crippen LogP contribution in [0.15, 0.2) is 101 Å². The largest absolute Gasteiger partial charge is 0.463 e. The fraction of sp³-hybridized carbons (Fsp3) is 0.185. The van der Waals surface area contributed by atoms with E-state index in [1.165, 1.54) is 22.7 Å². The van der Waals surface area contributed by atoms with Crippen LogP contribution in [0.2, 0.25) is 0 Å². The number of hydrogen-bond acceptors (Lipinski definition) is 6. The average Bonchev–Trinajstić information content (AvgIpc) is 2.86. The van der Waals surface area contributed by atoms with Crippen LogP contribution < -0.4 is 4.31 Å². The van der Waals surface area contributed by atoms with Crippen molar-refractivity contribution in [2.75, 3.05) is 17.5 Å². The summed E-state index contributed by atoms with van der Waals surface area (Å²) in [6.45, 7) is 4.03. The van der Waals surface area contributed by atoms with Gasteiger partial charge in [-0.1, -0.05) is 77.5 Å². The van der Waals surface area contributed by atoms with Crippen molar-refractivity contribution in [2.24, 2.45) is 5.16 Å². The third kappa shape index (κ3) is 7.28. The van der Waals surface area contributed by atoms with Gasteiger partial charge in [-0.25, -0.2) is 13.2 Å². The van der Waals surface area contributed by atoms with E-state index in [1.807, 2.05) is 37.3 Å². The maximum atomic E-state index is 13.6. The fourth-order valence-electron chi connectivity index (χ4n) is 3.20. The van der Waals surface area contributed by atoms with Crippen molar-refractivity contribution in [3.63, 3.8) is 0 Å². The number of hydrogen-bond donors (Lipinski definition) is 0. The van der Waals surface area contributed by atoms with Gasteiger partial charge in [-0.05, 0) is 37.6 Å². The highest BCUT2D eigenvalue weighted by Gasteiger charge is 2.25. The minimum atomic E-state index is -3.95. The molecule has 0 bridgehead atoms. The van der Waals surface area contributed by atoms with Crippen LogP contribution in [0, 0.1) is 6.92 Å². The Hall–Kier alpha value is -3.91. The first-order valence-electron chi connectivity index (χ1n) is 11.1. The third-order valence-electron chi connectivity index (χ3n) is 4.97. The van der Waals surface area contributed by atoms with Crippen LogP contribution in [0.3, 0.4) is 0 Å². The number of para-hydroxylation sites is 1. The minimum absolute atomic E-state index is 0.0786. The number of aryl methyl sites for hydroxylation is 1. The van der Waals surface area contributed by atoms with Crippen molar-refractivity contribution in [2.45, 2.75) is 25.3 Å². The highest BCUT2D eigenvalue weighted by atomic mass is 32.2. The van der Waals surface area contributed by atoms with Crippen molar-refractivity contribution in [1.82, 2.24) is 0 Å². The molecule has 0 aliphatic heterocycles. The maximum Gasteiger partial charge on any atom is 0.330 e. The van der Waals surface area contributed by atoms with Gasteiger partial charge in [0.15, 0.2) is 0 Å². The summed E-state index contributed by atoms with van der Waals surface area (Å²) in [5, 5.41) is 4.04. The highest BCUT2D eigenvalue weighted by Crippen LogP contribution is 2.27. The Bertz CT molecular complexity index is 1270. The van der Waals surface area contributed by atoms with Crippen molar-refractivity contribution < 1.29 is 22.8 Å². The van der Waals surface area contributed by atoms with Crippen molar-refractivity contribution in [3.05, 3.63) is 108 Å². The molecule has 0 saturated heterocycles. The third-order valence-corrected chi connectivity index (χ3v) is 6.76. The van der Waals surface area contributed by atoms with Gasteiger partial charge in [-0.15, -0.1) is 0 Å². The second-order valence-electron chi connectivity index (χ2n) is 7.56. The van der Waals surface area contributed by atoms with E-state index in [-0.39, 0.29) is 24.7 Å². The van der Waals surface area contributed by atoms with Gasteiger partial charge < -0.3 is 9.57 Å². The predicted molar refractivity (Wildman–Crippen MR) is 137 cm³/mol. The monoisotopic (exact) mass is 492 g/mol. The van der Waals surface area contributed by atoms with Crippen LogP contribution in [0.4, 0.5) is 5.69 Å². The molecule has 0 aliphatic rings. The summed E-state index contributed by atoms with van der Waals surface area (Å²) in [5.41, 5.74) is 2.85. The smallest absolute Gasteiger partial charge is 0.330 e. The minimum Gasteiger partial charge on any atom is -0.463 e. The van der Waals surface area contributed by atoms with E-state index in [1.54, 1.807) is 55.5 Å². The Balaban J connectivity index is 1.91. The Morgan fingerprint density at radius 1 is 0.971 bits per heavy atom. The number of ether oxygens (including phenoxy) is 1. The van der Waals surface area contributed by atoms with E-state index in [0.29, 0.717) is 11.3 Å². The van der Waals surface area contributed by atoms with Crippen molar-refractivity contribution >= 4 is 27.9 Å². The van der Waals surface area contributed by atoms with Gasteiger partial charge >= 0.3 is 5.97 Å². The zero-order chi connectivity index (χ0) is 25.1.